The highest BCUT2D eigenvalue weighted by atomic mass is 32.1. The first-order chi connectivity index (χ1) is 20.4. The van der Waals surface area contributed by atoms with Crippen molar-refractivity contribution >= 4 is 17.2 Å². The molecule has 3 N–H and O–H groups in total. The fourth-order valence-corrected chi connectivity index (χ4v) is 7.06. The van der Waals surface area contributed by atoms with Crippen molar-refractivity contribution in [3.63, 3.8) is 0 Å². The van der Waals surface area contributed by atoms with Crippen molar-refractivity contribution in [2.24, 2.45) is 5.92 Å². The number of pyridine rings is 1. The third-order valence-electron chi connectivity index (χ3n) is 8.76. The van der Waals surface area contributed by atoms with E-state index in [4.69, 9.17) is 14.5 Å². The topological polar surface area (TPSA) is 106 Å². The average molecular weight is 591 g/mol. The van der Waals surface area contributed by atoms with Gasteiger partial charge in [0, 0.05) is 54.5 Å². The number of nitrogens with one attached hydrogen (secondary N) is 2. The summed E-state index contributed by atoms with van der Waals surface area (Å²) < 4.78 is 12.1. The zero-order chi connectivity index (χ0) is 29.1. The first-order valence-electron chi connectivity index (χ1n) is 15.4. The maximum absolute atomic E-state index is 13.1. The van der Waals surface area contributed by atoms with Crippen LogP contribution >= 0.6 is 11.3 Å². The summed E-state index contributed by atoms with van der Waals surface area (Å²) in [5, 5.41) is 21.3. The van der Waals surface area contributed by atoms with Gasteiger partial charge in [0.15, 0.2) is 0 Å². The molecule has 3 aromatic rings. The van der Waals surface area contributed by atoms with E-state index in [0.717, 1.165) is 60.2 Å². The first kappa shape index (κ1) is 29.2. The summed E-state index contributed by atoms with van der Waals surface area (Å²) in [6.45, 7) is 5.35. The smallest absolute Gasteiger partial charge is 0.249 e. The van der Waals surface area contributed by atoms with E-state index in [-0.39, 0.29) is 17.6 Å². The molecular weight excluding hydrogens is 548 g/mol. The molecule has 1 spiro atoms. The molecule has 2 fully saturated rings. The van der Waals surface area contributed by atoms with Crippen LogP contribution in [0.1, 0.15) is 75.1 Å². The maximum atomic E-state index is 13.1. The fourth-order valence-electron chi connectivity index (χ4n) is 6.42. The number of rotatable bonds is 11. The highest BCUT2D eigenvalue weighted by molar-refractivity contribution is 7.13. The number of carbonyl (C=O) groups is 1. The number of carbonyl (C=O) groups excluding carboxylic acids is 1. The van der Waals surface area contributed by atoms with Gasteiger partial charge in [0.2, 0.25) is 11.8 Å². The molecule has 2 aromatic heterocycles. The zero-order valence-electron chi connectivity index (χ0n) is 24.6. The van der Waals surface area contributed by atoms with Crippen molar-refractivity contribution in [1.29, 1.82) is 0 Å². The quantitative estimate of drug-likeness (QED) is 0.288. The molecule has 6 rings (SSSR count). The van der Waals surface area contributed by atoms with E-state index < -0.39 is 18.2 Å². The van der Waals surface area contributed by atoms with Gasteiger partial charge in [-0.25, -0.2) is 9.97 Å². The van der Waals surface area contributed by atoms with Crippen molar-refractivity contribution in [3.8, 4) is 16.5 Å². The van der Waals surface area contributed by atoms with Crippen molar-refractivity contribution in [2.45, 2.75) is 95.1 Å². The molecule has 1 amide bonds. The van der Waals surface area contributed by atoms with Crippen LogP contribution in [-0.2, 0) is 22.4 Å². The van der Waals surface area contributed by atoms with Crippen LogP contribution in [0, 0.1) is 5.92 Å². The minimum Gasteiger partial charge on any atom is -0.471 e. The highest BCUT2D eigenvalue weighted by Crippen LogP contribution is 2.48. The number of nitrogens with zero attached hydrogens (tertiary/aromatic N) is 2. The molecule has 1 saturated carbocycles. The van der Waals surface area contributed by atoms with E-state index in [2.05, 4.69) is 41.6 Å². The Bertz CT molecular complexity index is 1350. The molecule has 4 heterocycles. The molecule has 0 bridgehead atoms. The van der Waals surface area contributed by atoms with Gasteiger partial charge in [0.25, 0.3) is 0 Å². The number of aliphatic hydroxyl groups excluding tert-OH is 1. The van der Waals surface area contributed by atoms with Crippen LogP contribution in [0.4, 0.5) is 0 Å². The van der Waals surface area contributed by atoms with Gasteiger partial charge in [-0.3, -0.25) is 4.79 Å². The third-order valence-corrected chi connectivity index (χ3v) is 9.58. The molecule has 224 valence electrons. The molecule has 0 unspecified atom stereocenters. The van der Waals surface area contributed by atoms with Crippen LogP contribution in [0.15, 0.2) is 48.1 Å². The Morgan fingerprint density at radius 2 is 2.05 bits per heavy atom. The number of hydrogen-bond donors (Lipinski definition) is 3. The van der Waals surface area contributed by atoms with Gasteiger partial charge >= 0.3 is 0 Å². The Labute approximate surface area is 252 Å². The number of fused-ring (bicyclic) bond motifs is 1. The van der Waals surface area contributed by atoms with Gasteiger partial charge in [-0.2, -0.15) is 0 Å². The largest absolute Gasteiger partial charge is 0.471 e. The summed E-state index contributed by atoms with van der Waals surface area (Å²) >= 11 is 1.59. The molecule has 1 saturated heterocycles. The van der Waals surface area contributed by atoms with Crippen molar-refractivity contribution in [2.75, 3.05) is 13.2 Å². The highest BCUT2D eigenvalue weighted by Gasteiger charge is 2.46. The fraction of sp³-hybridized carbons (Fsp3) is 0.545. The summed E-state index contributed by atoms with van der Waals surface area (Å²) in [6.07, 6.45) is 9.57. The molecule has 2 aliphatic heterocycles. The Balaban J connectivity index is 1.20. The van der Waals surface area contributed by atoms with Crippen molar-refractivity contribution in [3.05, 3.63) is 64.8 Å². The lowest BCUT2D eigenvalue weighted by Crippen LogP contribution is -2.53. The number of aliphatic hydroxyl groups is 1. The lowest BCUT2D eigenvalue weighted by Gasteiger charge is -2.47. The second-order valence-electron chi connectivity index (χ2n) is 12.6. The summed E-state index contributed by atoms with van der Waals surface area (Å²) in [4.78, 5) is 22.3. The Hall–Kier alpha value is -2.85. The minimum atomic E-state index is -0.811. The Morgan fingerprint density at radius 1 is 1.17 bits per heavy atom. The van der Waals surface area contributed by atoms with Gasteiger partial charge in [-0.15, -0.1) is 11.3 Å². The number of amides is 1. The SMILES string of the molecule is CC(C)Cc1cnc2c(c1)[C@@H](NC[C@@H](O)[C@@H](Cc1cccc(-c3nccs3)c1)NC(=O)[C@H]1CCCO1)CC1(CCC1)O2. The lowest BCUT2D eigenvalue weighted by molar-refractivity contribution is -0.131. The molecular formula is C33H42N4O4S. The van der Waals surface area contributed by atoms with E-state index in [0.29, 0.717) is 37.8 Å². The third kappa shape index (κ3) is 6.70. The molecule has 9 heteroatoms. The minimum absolute atomic E-state index is 0.0195. The van der Waals surface area contributed by atoms with Crippen LogP contribution in [0.25, 0.3) is 10.6 Å². The normalized spacial score (nSPS) is 22.3. The predicted octanol–water partition coefficient (Wildman–Crippen LogP) is 5.01. The lowest BCUT2D eigenvalue weighted by atomic mass is 9.73. The van der Waals surface area contributed by atoms with Crippen LogP contribution in [0.3, 0.4) is 0 Å². The Kier molecular flexibility index (Phi) is 8.90. The van der Waals surface area contributed by atoms with E-state index in [1.54, 1.807) is 17.5 Å². The van der Waals surface area contributed by atoms with E-state index >= 15 is 0 Å². The summed E-state index contributed by atoms with van der Waals surface area (Å²) in [5.41, 5.74) is 4.16. The van der Waals surface area contributed by atoms with Crippen LogP contribution in [0.5, 0.6) is 5.88 Å². The van der Waals surface area contributed by atoms with Crippen molar-refractivity contribution in [1.82, 2.24) is 20.6 Å². The number of thiazole rings is 1. The summed E-state index contributed by atoms with van der Waals surface area (Å²) in [5.74, 6) is 1.09. The molecule has 42 heavy (non-hydrogen) atoms. The van der Waals surface area contributed by atoms with E-state index in [1.807, 2.05) is 29.8 Å². The van der Waals surface area contributed by atoms with Crippen molar-refractivity contribution < 1.29 is 19.4 Å². The molecule has 1 aromatic carbocycles. The van der Waals surface area contributed by atoms with Crippen LogP contribution in [0.2, 0.25) is 0 Å². The van der Waals surface area contributed by atoms with Gasteiger partial charge in [-0.05, 0) is 74.1 Å². The Morgan fingerprint density at radius 3 is 2.76 bits per heavy atom. The summed E-state index contributed by atoms with van der Waals surface area (Å²) in [6, 6.07) is 9.95. The predicted molar refractivity (Wildman–Crippen MR) is 164 cm³/mol. The molecule has 8 nitrogen and oxygen atoms in total. The number of aromatic nitrogens is 2. The second-order valence-corrected chi connectivity index (χ2v) is 13.5. The van der Waals surface area contributed by atoms with Gasteiger partial charge in [-0.1, -0.05) is 32.0 Å². The van der Waals surface area contributed by atoms with Crippen LogP contribution in [-0.4, -0.2) is 58.0 Å². The maximum Gasteiger partial charge on any atom is 0.249 e. The zero-order valence-corrected chi connectivity index (χ0v) is 25.4. The molecule has 0 radical (unpaired) electrons. The second kappa shape index (κ2) is 12.8. The van der Waals surface area contributed by atoms with Gasteiger partial charge < -0.3 is 25.2 Å². The first-order valence-corrected chi connectivity index (χ1v) is 16.3. The van der Waals surface area contributed by atoms with Crippen LogP contribution < -0.4 is 15.4 Å². The average Bonchev–Trinajstić information content (AvgIpc) is 3.70. The molecule has 4 atom stereocenters. The standard InChI is InChI=1S/C33H42N4O4S/c1-21(2)14-23-16-25-27(18-33(9-5-10-33)41-31(25)36-19-23)35-20-28(38)26(37-30(39)29-8-4-12-40-29)17-22-6-3-7-24(15-22)32-34-11-13-42-32/h3,6-7,11,13,15-16,19,21,26-29,35,38H,4-5,8-10,12,14,17-18,20H2,1-2H3,(H,37,39)/t26-,27+,28-,29-/m1/s1. The molecule has 3 aliphatic rings. The number of ether oxygens (including phenoxy) is 2. The van der Waals surface area contributed by atoms with Gasteiger partial charge in [0.05, 0.1) is 12.1 Å². The number of hydrogen-bond acceptors (Lipinski definition) is 8. The van der Waals surface area contributed by atoms with E-state index in [9.17, 15) is 9.90 Å². The van der Waals surface area contributed by atoms with Gasteiger partial charge in [0.1, 0.15) is 16.7 Å². The monoisotopic (exact) mass is 590 g/mol. The van der Waals surface area contributed by atoms with E-state index in [1.165, 1.54) is 5.56 Å². The number of benzene rings is 1. The molecule has 1 aliphatic carbocycles. The summed E-state index contributed by atoms with van der Waals surface area (Å²) in [7, 11) is 0.